The third-order valence-electron chi connectivity index (χ3n) is 2.16. The molecule has 3 nitrogen and oxygen atoms in total. The van der Waals surface area contributed by atoms with E-state index in [4.69, 9.17) is 16.9 Å². The van der Waals surface area contributed by atoms with E-state index >= 15 is 0 Å². The van der Waals surface area contributed by atoms with Crippen molar-refractivity contribution in [2.75, 3.05) is 13.0 Å². The van der Waals surface area contributed by atoms with Gasteiger partial charge in [0.05, 0.1) is 24.1 Å². The second-order valence-electron chi connectivity index (χ2n) is 3.27. The number of hydrogen-bond acceptors (Lipinski definition) is 3. The molecule has 0 heterocycles. The van der Waals surface area contributed by atoms with Crippen molar-refractivity contribution in [1.82, 2.24) is 0 Å². The normalized spacial score (nSPS) is 10.9. The molecule has 1 rings (SSSR count). The van der Waals surface area contributed by atoms with Crippen LogP contribution in [0, 0.1) is 11.3 Å². The first-order valence-corrected chi connectivity index (χ1v) is 5.17. The van der Waals surface area contributed by atoms with Crippen LogP contribution >= 0.6 is 11.6 Å². The number of benzene rings is 1. The van der Waals surface area contributed by atoms with Gasteiger partial charge in [-0.3, -0.25) is 4.79 Å². The van der Waals surface area contributed by atoms with Crippen molar-refractivity contribution in [3.8, 4) is 11.8 Å². The standard InChI is InChI=1S/C11H7ClF3NO2/c1-18-10-7(5-16)2-6(9(17)4-12)3-8(10)11(13,14)15/h2-3H,4H2,1H3. The average molecular weight is 278 g/mol. The minimum Gasteiger partial charge on any atom is -0.495 e. The first-order chi connectivity index (χ1) is 8.35. The van der Waals surface area contributed by atoms with Gasteiger partial charge in [-0.2, -0.15) is 18.4 Å². The fourth-order valence-electron chi connectivity index (χ4n) is 1.38. The van der Waals surface area contributed by atoms with Crippen LogP contribution in [0.5, 0.6) is 5.75 Å². The van der Waals surface area contributed by atoms with Gasteiger partial charge in [0, 0.05) is 5.56 Å². The van der Waals surface area contributed by atoms with E-state index < -0.39 is 29.2 Å². The van der Waals surface area contributed by atoms with Gasteiger partial charge in [0.2, 0.25) is 0 Å². The smallest absolute Gasteiger partial charge is 0.420 e. The van der Waals surface area contributed by atoms with Crippen molar-refractivity contribution in [2.45, 2.75) is 6.18 Å². The molecule has 0 atom stereocenters. The third-order valence-corrected chi connectivity index (χ3v) is 2.40. The molecule has 18 heavy (non-hydrogen) atoms. The van der Waals surface area contributed by atoms with E-state index in [2.05, 4.69) is 4.74 Å². The van der Waals surface area contributed by atoms with Crippen LogP contribution in [-0.4, -0.2) is 18.8 Å². The van der Waals surface area contributed by atoms with E-state index in [1.807, 2.05) is 0 Å². The van der Waals surface area contributed by atoms with Gasteiger partial charge in [0.1, 0.15) is 11.8 Å². The van der Waals surface area contributed by atoms with E-state index in [9.17, 15) is 18.0 Å². The molecule has 0 aromatic heterocycles. The van der Waals surface area contributed by atoms with Crippen molar-refractivity contribution in [3.05, 3.63) is 28.8 Å². The predicted octanol–water partition coefficient (Wildman–Crippen LogP) is 3.01. The Morgan fingerprint density at radius 1 is 1.50 bits per heavy atom. The molecule has 96 valence electrons. The van der Waals surface area contributed by atoms with Crippen molar-refractivity contribution in [1.29, 1.82) is 5.26 Å². The number of carbonyl (C=O) groups is 1. The second-order valence-corrected chi connectivity index (χ2v) is 3.54. The molecule has 0 aliphatic heterocycles. The number of carbonyl (C=O) groups excluding carboxylic acids is 1. The van der Waals surface area contributed by atoms with Crippen LogP contribution in [-0.2, 0) is 6.18 Å². The summed E-state index contributed by atoms with van der Waals surface area (Å²) in [5.41, 5.74) is -1.80. The summed E-state index contributed by atoms with van der Waals surface area (Å²) in [6, 6.07) is 3.21. The summed E-state index contributed by atoms with van der Waals surface area (Å²) in [6.07, 6.45) is -4.72. The van der Waals surface area contributed by atoms with Crippen LogP contribution in [0.4, 0.5) is 13.2 Å². The molecule has 0 amide bonds. The Hall–Kier alpha value is -1.74. The van der Waals surface area contributed by atoms with Gasteiger partial charge < -0.3 is 4.74 Å². The second kappa shape index (κ2) is 5.27. The Morgan fingerprint density at radius 3 is 2.50 bits per heavy atom. The van der Waals surface area contributed by atoms with E-state index in [0.717, 1.165) is 13.2 Å². The number of halogens is 4. The summed E-state index contributed by atoms with van der Waals surface area (Å²) in [6.45, 7) is 0. The Bertz CT molecular complexity index is 520. The quantitative estimate of drug-likeness (QED) is 0.630. The fourth-order valence-corrected chi connectivity index (χ4v) is 1.53. The lowest BCUT2D eigenvalue weighted by atomic mass is 10.0. The van der Waals surface area contributed by atoms with Crippen LogP contribution < -0.4 is 4.74 Å². The Morgan fingerprint density at radius 2 is 2.11 bits per heavy atom. The number of ether oxygens (including phenoxy) is 1. The Labute approximate surface area is 106 Å². The van der Waals surface area contributed by atoms with E-state index in [0.29, 0.717) is 6.07 Å². The highest BCUT2D eigenvalue weighted by Crippen LogP contribution is 2.38. The zero-order valence-electron chi connectivity index (χ0n) is 9.14. The molecular formula is C11H7ClF3NO2. The van der Waals surface area contributed by atoms with Crippen molar-refractivity contribution < 1.29 is 22.7 Å². The molecule has 0 saturated carbocycles. The van der Waals surface area contributed by atoms with Crippen LogP contribution in [0.3, 0.4) is 0 Å². The van der Waals surface area contributed by atoms with Crippen LogP contribution in [0.25, 0.3) is 0 Å². The van der Waals surface area contributed by atoms with Crippen molar-refractivity contribution in [2.24, 2.45) is 0 Å². The zero-order valence-corrected chi connectivity index (χ0v) is 9.89. The minimum absolute atomic E-state index is 0.269. The molecule has 0 radical (unpaired) electrons. The maximum absolute atomic E-state index is 12.8. The molecule has 7 heteroatoms. The molecule has 0 saturated heterocycles. The number of nitrogens with zero attached hydrogens (tertiary/aromatic N) is 1. The van der Waals surface area contributed by atoms with Gasteiger partial charge >= 0.3 is 6.18 Å². The predicted molar refractivity (Wildman–Crippen MR) is 57.8 cm³/mol. The lowest BCUT2D eigenvalue weighted by Crippen LogP contribution is -2.12. The van der Waals surface area contributed by atoms with E-state index in [1.165, 1.54) is 0 Å². The minimum atomic E-state index is -4.72. The summed E-state index contributed by atoms with van der Waals surface area (Å²) < 4.78 is 42.9. The molecule has 0 aliphatic carbocycles. The first kappa shape index (κ1) is 14.3. The van der Waals surface area contributed by atoms with E-state index in [-0.39, 0.29) is 11.1 Å². The highest BCUT2D eigenvalue weighted by atomic mass is 35.5. The summed E-state index contributed by atoms with van der Waals surface area (Å²) in [4.78, 5) is 11.3. The number of nitriles is 1. The monoisotopic (exact) mass is 277 g/mol. The first-order valence-electron chi connectivity index (χ1n) is 4.63. The molecule has 0 aliphatic rings. The van der Waals surface area contributed by atoms with Crippen molar-refractivity contribution in [3.63, 3.8) is 0 Å². The van der Waals surface area contributed by atoms with Gasteiger partial charge in [-0.25, -0.2) is 0 Å². The van der Waals surface area contributed by atoms with Gasteiger partial charge in [-0.05, 0) is 12.1 Å². The molecule has 0 unspecified atom stereocenters. The van der Waals surface area contributed by atoms with Gasteiger partial charge in [-0.15, -0.1) is 11.6 Å². The molecule has 0 fully saturated rings. The highest BCUT2D eigenvalue weighted by molar-refractivity contribution is 6.30. The maximum Gasteiger partial charge on any atom is 0.420 e. The van der Waals surface area contributed by atoms with Crippen molar-refractivity contribution >= 4 is 17.4 Å². The largest absolute Gasteiger partial charge is 0.495 e. The molecule has 1 aromatic rings. The van der Waals surface area contributed by atoms with Gasteiger partial charge in [-0.1, -0.05) is 0 Å². The summed E-state index contributed by atoms with van der Waals surface area (Å²) in [7, 11) is 1.02. The SMILES string of the molecule is COc1c(C#N)cc(C(=O)CCl)cc1C(F)(F)F. The summed E-state index contributed by atoms with van der Waals surface area (Å²) in [5, 5.41) is 8.78. The molecule has 1 aromatic carbocycles. The molecular weight excluding hydrogens is 271 g/mol. The van der Waals surface area contributed by atoms with Crippen LogP contribution in [0.2, 0.25) is 0 Å². The number of Topliss-reactive ketones (excluding diaryl/α,β-unsaturated/α-hetero) is 1. The maximum atomic E-state index is 12.8. The molecule has 0 bridgehead atoms. The third kappa shape index (κ3) is 2.74. The molecule has 0 N–H and O–H groups in total. The Balaban J connectivity index is 3.57. The Kier molecular flexibility index (Phi) is 4.19. The average Bonchev–Trinajstić information content (AvgIpc) is 2.34. The lowest BCUT2D eigenvalue weighted by molar-refractivity contribution is -0.138. The number of hydrogen-bond donors (Lipinski definition) is 0. The lowest BCUT2D eigenvalue weighted by Gasteiger charge is -2.14. The van der Waals surface area contributed by atoms with Crippen LogP contribution in [0.15, 0.2) is 12.1 Å². The van der Waals surface area contributed by atoms with Gasteiger partial charge in [0.15, 0.2) is 5.78 Å². The number of methoxy groups -OCH3 is 1. The zero-order chi connectivity index (χ0) is 13.9. The summed E-state index contributed by atoms with van der Waals surface area (Å²) in [5.74, 6) is -1.76. The van der Waals surface area contributed by atoms with Crippen LogP contribution in [0.1, 0.15) is 21.5 Å². The fraction of sp³-hybridized carbons (Fsp3) is 0.273. The summed E-state index contributed by atoms with van der Waals surface area (Å²) >= 11 is 5.28. The number of ketones is 1. The highest BCUT2D eigenvalue weighted by Gasteiger charge is 2.36. The van der Waals surface area contributed by atoms with Gasteiger partial charge in [0.25, 0.3) is 0 Å². The number of alkyl halides is 4. The van der Waals surface area contributed by atoms with E-state index in [1.54, 1.807) is 6.07 Å². The topological polar surface area (TPSA) is 50.1 Å². The number of rotatable bonds is 3. The molecule has 0 spiro atoms.